The molecule has 5 nitrogen and oxygen atoms in total. The molecule has 0 bridgehead atoms. The normalized spacial score (nSPS) is 14.3. The molecule has 1 fully saturated rings. The van der Waals surface area contributed by atoms with Gasteiger partial charge in [0, 0.05) is 5.92 Å². The van der Waals surface area contributed by atoms with Gasteiger partial charge in [-0.25, -0.2) is 0 Å². The summed E-state index contributed by atoms with van der Waals surface area (Å²) in [6.07, 6.45) is 2.19. The Hall–Kier alpha value is -2.01. The van der Waals surface area contributed by atoms with Gasteiger partial charge >= 0.3 is 0 Å². The minimum Gasteiger partial charge on any atom is -0.395 e. The summed E-state index contributed by atoms with van der Waals surface area (Å²) in [5.74, 6) is 0.0768. The maximum absolute atomic E-state index is 12.3. The second-order valence-corrected chi connectivity index (χ2v) is 5.47. The van der Waals surface area contributed by atoms with Crippen LogP contribution in [0.3, 0.4) is 0 Å². The smallest absolute Gasteiger partial charge is 0.278 e. The Labute approximate surface area is 121 Å². The predicted molar refractivity (Wildman–Crippen MR) is 79.1 cm³/mol. The molecular weight excluding hydrogens is 276 g/mol. The van der Waals surface area contributed by atoms with Crippen LogP contribution in [0, 0.1) is 6.92 Å². The highest BCUT2D eigenvalue weighted by molar-refractivity contribution is 6.34. The lowest BCUT2D eigenvalue weighted by atomic mass is 10.2. The third kappa shape index (κ3) is 2.25. The number of benzene rings is 1. The maximum atomic E-state index is 12.3. The van der Waals surface area contributed by atoms with Gasteiger partial charge in [0.05, 0.1) is 22.1 Å². The molecule has 20 heavy (non-hydrogen) atoms. The quantitative estimate of drug-likeness (QED) is 0.812. The van der Waals surface area contributed by atoms with Crippen molar-refractivity contribution in [2.45, 2.75) is 25.7 Å². The summed E-state index contributed by atoms with van der Waals surface area (Å²) >= 11 is 6.09. The largest absolute Gasteiger partial charge is 0.395 e. The summed E-state index contributed by atoms with van der Waals surface area (Å²) < 4.78 is 0. The number of carbonyl (C=O) groups excluding carboxylic acids is 1. The molecule has 1 aromatic carbocycles. The number of carbonyl (C=O) groups is 1. The second-order valence-electron chi connectivity index (χ2n) is 5.06. The highest BCUT2D eigenvalue weighted by Gasteiger charge is 2.30. The molecule has 0 atom stereocenters. The van der Waals surface area contributed by atoms with Gasteiger partial charge in [-0.05, 0) is 31.4 Å². The van der Waals surface area contributed by atoms with Gasteiger partial charge in [-0.3, -0.25) is 9.89 Å². The first-order chi connectivity index (χ1) is 9.58. The molecule has 0 spiro atoms. The number of H-pyrrole nitrogens is 1. The van der Waals surface area contributed by atoms with Crippen molar-refractivity contribution in [3.8, 4) is 0 Å². The van der Waals surface area contributed by atoms with Crippen molar-refractivity contribution in [1.29, 1.82) is 0 Å². The lowest BCUT2D eigenvalue weighted by Crippen LogP contribution is -2.15. The number of hydrogen-bond donors (Lipinski definition) is 3. The van der Waals surface area contributed by atoms with Crippen LogP contribution in [-0.2, 0) is 0 Å². The fraction of sp³-hybridized carbons (Fsp3) is 0.286. The molecule has 0 saturated heterocycles. The van der Waals surface area contributed by atoms with Crippen molar-refractivity contribution in [3.63, 3.8) is 0 Å². The number of nitrogens with zero attached hydrogens (tertiary/aromatic N) is 1. The van der Waals surface area contributed by atoms with Crippen LogP contribution in [-0.4, -0.2) is 16.1 Å². The topological polar surface area (TPSA) is 83.8 Å². The van der Waals surface area contributed by atoms with Crippen molar-refractivity contribution in [1.82, 2.24) is 10.2 Å². The second kappa shape index (κ2) is 4.83. The Morgan fingerprint density at radius 1 is 1.50 bits per heavy atom. The molecule has 1 aromatic heterocycles. The SMILES string of the molecule is Cc1cccc(Cl)c1NC(=O)c1n[nH]c(C2CC2)c1N. The summed E-state index contributed by atoms with van der Waals surface area (Å²) in [4.78, 5) is 12.3. The number of nitrogens with one attached hydrogen (secondary N) is 2. The molecular formula is C14H15ClN4O. The first kappa shape index (κ1) is 13.0. The molecule has 1 aliphatic carbocycles. The van der Waals surface area contributed by atoms with Crippen LogP contribution in [0.25, 0.3) is 0 Å². The number of aromatic nitrogens is 2. The van der Waals surface area contributed by atoms with E-state index in [9.17, 15) is 4.79 Å². The molecule has 1 amide bonds. The number of anilines is 2. The average Bonchev–Trinajstić information content (AvgIpc) is 3.17. The van der Waals surface area contributed by atoms with Gasteiger partial charge in [-0.15, -0.1) is 0 Å². The van der Waals surface area contributed by atoms with Gasteiger partial charge in [0.25, 0.3) is 5.91 Å². The fourth-order valence-electron chi connectivity index (χ4n) is 2.18. The van der Waals surface area contributed by atoms with E-state index in [1.54, 1.807) is 6.07 Å². The fourth-order valence-corrected chi connectivity index (χ4v) is 2.45. The summed E-state index contributed by atoms with van der Waals surface area (Å²) in [5.41, 5.74) is 9.00. The van der Waals surface area contributed by atoms with Crippen molar-refractivity contribution in [3.05, 3.63) is 40.2 Å². The molecule has 2 aromatic rings. The van der Waals surface area contributed by atoms with E-state index in [1.807, 2.05) is 19.1 Å². The zero-order valence-electron chi connectivity index (χ0n) is 11.0. The molecule has 3 rings (SSSR count). The van der Waals surface area contributed by atoms with Crippen LogP contribution < -0.4 is 11.1 Å². The van der Waals surface area contributed by atoms with Gasteiger partial charge in [0.2, 0.25) is 0 Å². The standard InChI is InChI=1S/C14H15ClN4O/c1-7-3-2-4-9(15)11(7)17-14(20)13-10(16)12(18-19-13)8-5-6-8/h2-4,8H,5-6,16H2,1H3,(H,17,20)(H,18,19). The predicted octanol–water partition coefficient (Wildman–Crippen LogP) is 3.08. The van der Waals surface area contributed by atoms with Gasteiger partial charge in [-0.2, -0.15) is 5.10 Å². The summed E-state index contributed by atoms with van der Waals surface area (Å²) in [5, 5.41) is 10.2. The lowest BCUT2D eigenvalue weighted by Gasteiger charge is -2.09. The van der Waals surface area contributed by atoms with E-state index < -0.39 is 0 Å². The Morgan fingerprint density at radius 3 is 2.90 bits per heavy atom. The molecule has 0 unspecified atom stereocenters. The van der Waals surface area contributed by atoms with E-state index in [2.05, 4.69) is 15.5 Å². The van der Waals surface area contributed by atoms with Crippen LogP contribution in [0.4, 0.5) is 11.4 Å². The van der Waals surface area contributed by atoms with Gasteiger partial charge in [0.1, 0.15) is 0 Å². The maximum Gasteiger partial charge on any atom is 0.278 e. The molecule has 4 N–H and O–H groups in total. The van der Waals surface area contributed by atoms with Crippen LogP contribution in [0.1, 0.15) is 40.5 Å². The van der Waals surface area contributed by atoms with Crippen LogP contribution in [0.15, 0.2) is 18.2 Å². The Kier molecular flexibility index (Phi) is 3.14. The number of aryl methyl sites for hydroxylation is 1. The molecule has 0 aliphatic heterocycles. The van der Waals surface area contributed by atoms with E-state index in [0.717, 1.165) is 24.1 Å². The number of halogens is 1. The number of para-hydroxylation sites is 1. The Morgan fingerprint density at radius 2 is 2.25 bits per heavy atom. The van der Waals surface area contributed by atoms with Crippen LogP contribution >= 0.6 is 11.6 Å². The van der Waals surface area contributed by atoms with E-state index in [-0.39, 0.29) is 11.6 Å². The highest BCUT2D eigenvalue weighted by Crippen LogP contribution is 2.42. The summed E-state index contributed by atoms with van der Waals surface area (Å²) in [7, 11) is 0. The number of rotatable bonds is 3. The van der Waals surface area contributed by atoms with Crippen molar-refractivity contribution in [2.75, 3.05) is 11.1 Å². The summed E-state index contributed by atoms with van der Waals surface area (Å²) in [6.45, 7) is 1.88. The summed E-state index contributed by atoms with van der Waals surface area (Å²) in [6, 6.07) is 5.44. The van der Waals surface area contributed by atoms with E-state index >= 15 is 0 Å². The molecule has 0 radical (unpaired) electrons. The number of hydrogen-bond acceptors (Lipinski definition) is 3. The van der Waals surface area contributed by atoms with Crippen molar-refractivity contribution in [2.24, 2.45) is 0 Å². The molecule has 6 heteroatoms. The Bertz CT molecular complexity index is 656. The Balaban J connectivity index is 1.86. The first-order valence-corrected chi connectivity index (χ1v) is 6.86. The van der Waals surface area contributed by atoms with Crippen LogP contribution in [0.5, 0.6) is 0 Å². The first-order valence-electron chi connectivity index (χ1n) is 6.48. The van der Waals surface area contributed by atoms with Crippen molar-refractivity contribution < 1.29 is 4.79 Å². The molecule has 1 heterocycles. The van der Waals surface area contributed by atoms with Gasteiger partial charge in [-0.1, -0.05) is 23.7 Å². The van der Waals surface area contributed by atoms with E-state index in [4.69, 9.17) is 17.3 Å². The zero-order chi connectivity index (χ0) is 14.3. The number of nitrogens with two attached hydrogens (primary N) is 1. The van der Waals surface area contributed by atoms with Crippen LogP contribution in [0.2, 0.25) is 5.02 Å². The molecule has 1 aliphatic rings. The third-order valence-corrected chi connectivity index (χ3v) is 3.81. The minimum absolute atomic E-state index is 0.228. The van der Waals surface area contributed by atoms with E-state index in [0.29, 0.717) is 22.3 Å². The molecule has 104 valence electrons. The zero-order valence-corrected chi connectivity index (χ0v) is 11.8. The minimum atomic E-state index is -0.346. The monoisotopic (exact) mass is 290 g/mol. The van der Waals surface area contributed by atoms with E-state index in [1.165, 1.54) is 0 Å². The van der Waals surface area contributed by atoms with Gasteiger partial charge in [0.15, 0.2) is 5.69 Å². The van der Waals surface area contributed by atoms with Crippen molar-refractivity contribution >= 4 is 28.9 Å². The third-order valence-electron chi connectivity index (χ3n) is 3.49. The molecule has 1 saturated carbocycles. The van der Waals surface area contributed by atoms with Gasteiger partial charge < -0.3 is 11.1 Å². The number of aromatic amines is 1. The lowest BCUT2D eigenvalue weighted by molar-refractivity contribution is 0.102. The number of amides is 1. The highest BCUT2D eigenvalue weighted by atomic mass is 35.5. The average molecular weight is 291 g/mol. The number of nitrogen functional groups attached to an aromatic ring is 1.